The zero-order valence-corrected chi connectivity index (χ0v) is 12.5. The van der Waals surface area contributed by atoms with E-state index in [1.54, 1.807) is 11.8 Å². The van der Waals surface area contributed by atoms with Gasteiger partial charge in [0.2, 0.25) is 0 Å². The molecule has 0 aromatic carbocycles. The van der Waals surface area contributed by atoms with Crippen molar-refractivity contribution in [2.24, 2.45) is 5.92 Å². The summed E-state index contributed by atoms with van der Waals surface area (Å²) in [4.78, 5) is 11.7. The number of rotatable bonds is 7. The van der Waals surface area contributed by atoms with Crippen LogP contribution in [0.15, 0.2) is 11.2 Å². The first-order chi connectivity index (χ1) is 9.30. The van der Waals surface area contributed by atoms with Crippen LogP contribution in [0.1, 0.15) is 32.6 Å². The fourth-order valence-electron chi connectivity index (χ4n) is 2.32. The molecule has 2 aliphatic rings. The molecule has 104 valence electrons. The molecule has 2 fully saturated rings. The molecule has 0 saturated heterocycles. The Hall–Kier alpha value is -0.970. The highest BCUT2D eigenvalue weighted by Gasteiger charge is 2.34. The van der Waals surface area contributed by atoms with Crippen molar-refractivity contribution < 1.29 is 0 Å². The lowest BCUT2D eigenvalue weighted by atomic mass is 10.3. The second-order valence-electron chi connectivity index (χ2n) is 5.46. The molecule has 5 heteroatoms. The van der Waals surface area contributed by atoms with Crippen molar-refractivity contribution in [1.82, 2.24) is 9.97 Å². The minimum atomic E-state index is 0.722. The van der Waals surface area contributed by atoms with Gasteiger partial charge in [-0.2, -0.15) is 0 Å². The molecule has 19 heavy (non-hydrogen) atoms. The van der Waals surface area contributed by atoms with Crippen LogP contribution in [-0.2, 0) is 0 Å². The van der Waals surface area contributed by atoms with Crippen molar-refractivity contribution >= 4 is 23.4 Å². The highest BCUT2D eigenvalue weighted by molar-refractivity contribution is 7.98. The van der Waals surface area contributed by atoms with Crippen molar-refractivity contribution in [3.63, 3.8) is 0 Å². The number of thioether (sulfide) groups is 1. The Balaban J connectivity index is 1.84. The Bertz CT molecular complexity index is 443. The van der Waals surface area contributed by atoms with Crippen molar-refractivity contribution in [3.8, 4) is 0 Å². The third kappa shape index (κ3) is 3.32. The summed E-state index contributed by atoms with van der Waals surface area (Å²) in [6, 6.07) is 2.84. The average Bonchev–Trinajstić information content (AvgIpc) is 3.28. The Morgan fingerprint density at radius 2 is 2.11 bits per heavy atom. The molecule has 2 saturated carbocycles. The smallest absolute Gasteiger partial charge is 0.191 e. The number of anilines is 2. The maximum absolute atomic E-state index is 4.71. The van der Waals surface area contributed by atoms with Gasteiger partial charge >= 0.3 is 0 Å². The van der Waals surface area contributed by atoms with E-state index in [-0.39, 0.29) is 0 Å². The van der Waals surface area contributed by atoms with Crippen LogP contribution in [0.2, 0.25) is 0 Å². The molecule has 1 heterocycles. The summed E-state index contributed by atoms with van der Waals surface area (Å²) >= 11 is 1.62. The zero-order valence-electron chi connectivity index (χ0n) is 11.7. The predicted molar refractivity (Wildman–Crippen MR) is 81.1 cm³/mol. The van der Waals surface area contributed by atoms with E-state index in [1.165, 1.54) is 32.2 Å². The van der Waals surface area contributed by atoms with E-state index in [1.807, 2.05) is 6.26 Å². The van der Waals surface area contributed by atoms with Crippen molar-refractivity contribution in [3.05, 3.63) is 6.07 Å². The number of nitrogens with one attached hydrogen (secondary N) is 1. The maximum atomic E-state index is 4.71. The van der Waals surface area contributed by atoms with E-state index in [2.05, 4.69) is 28.2 Å². The molecule has 0 aliphatic heterocycles. The fraction of sp³-hybridized carbons (Fsp3) is 0.714. The van der Waals surface area contributed by atoms with E-state index < -0.39 is 0 Å². The molecule has 0 atom stereocenters. The third-order valence-electron chi connectivity index (χ3n) is 3.67. The van der Waals surface area contributed by atoms with Crippen molar-refractivity contribution in [2.75, 3.05) is 29.6 Å². The number of nitrogens with zero attached hydrogens (tertiary/aromatic N) is 3. The molecule has 0 unspecified atom stereocenters. The molecule has 0 radical (unpaired) electrons. The first-order valence-electron chi connectivity index (χ1n) is 7.23. The van der Waals surface area contributed by atoms with Gasteiger partial charge in [0, 0.05) is 25.2 Å². The molecular weight excluding hydrogens is 256 g/mol. The highest BCUT2D eigenvalue weighted by Crippen LogP contribution is 2.37. The van der Waals surface area contributed by atoms with E-state index in [0.717, 1.165) is 35.3 Å². The Labute approximate surface area is 119 Å². The topological polar surface area (TPSA) is 41.0 Å². The minimum absolute atomic E-state index is 0.722. The lowest BCUT2D eigenvalue weighted by Crippen LogP contribution is -2.29. The highest BCUT2D eigenvalue weighted by atomic mass is 32.2. The van der Waals surface area contributed by atoms with E-state index in [0.29, 0.717) is 0 Å². The predicted octanol–water partition coefficient (Wildman–Crippen LogP) is 3.01. The van der Waals surface area contributed by atoms with Gasteiger partial charge in [0.15, 0.2) is 5.16 Å². The second kappa shape index (κ2) is 5.57. The molecule has 1 N–H and O–H groups in total. The minimum Gasteiger partial charge on any atom is -0.370 e. The molecular formula is C14H22N4S. The van der Waals surface area contributed by atoms with Crippen molar-refractivity contribution in [1.29, 1.82) is 0 Å². The molecule has 1 aromatic heterocycles. The first-order valence-corrected chi connectivity index (χ1v) is 8.46. The van der Waals surface area contributed by atoms with Gasteiger partial charge in [0.05, 0.1) is 0 Å². The van der Waals surface area contributed by atoms with Gasteiger partial charge in [0.25, 0.3) is 0 Å². The summed E-state index contributed by atoms with van der Waals surface area (Å²) in [5, 5.41) is 4.18. The lowest BCUT2D eigenvalue weighted by Gasteiger charge is -2.24. The zero-order chi connectivity index (χ0) is 13.2. The molecule has 0 spiro atoms. The van der Waals surface area contributed by atoms with Gasteiger partial charge in [0.1, 0.15) is 11.6 Å². The quantitative estimate of drug-likeness (QED) is 0.613. The van der Waals surface area contributed by atoms with Crippen LogP contribution < -0.4 is 10.2 Å². The van der Waals surface area contributed by atoms with E-state index in [4.69, 9.17) is 4.98 Å². The molecule has 0 amide bonds. The Morgan fingerprint density at radius 1 is 1.32 bits per heavy atom. The normalized spacial score (nSPS) is 18.4. The van der Waals surface area contributed by atoms with Gasteiger partial charge in [-0.05, 0) is 44.8 Å². The van der Waals surface area contributed by atoms with Gasteiger partial charge in [-0.15, -0.1) is 0 Å². The number of aromatic nitrogens is 2. The fourth-order valence-corrected chi connectivity index (χ4v) is 2.69. The third-order valence-corrected chi connectivity index (χ3v) is 4.21. The van der Waals surface area contributed by atoms with Gasteiger partial charge in [-0.3, -0.25) is 0 Å². The summed E-state index contributed by atoms with van der Waals surface area (Å²) in [6.07, 6.45) is 7.47. The molecule has 3 rings (SSSR count). The summed E-state index contributed by atoms with van der Waals surface area (Å²) in [5.74, 6) is 2.97. The van der Waals surface area contributed by atoms with Crippen LogP contribution in [0, 0.1) is 5.92 Å². The Morgan fingerprint density at radius 3 is 2.68 bits per heavy atom. The largest absolute Gasteiger partial charge is 0.370 e. The molecule has 0 bridgehead atoms. The van der Waals surface area contributed by atoms with E-state index in [9.17, 15) is 0 Å². The van der Waals surface area contributed by atoms with Gasteiger partial charge < -0.3 is 10.2 Å². The number of hydrogen-bond acceptors (Lipinski definition) is 5. The SMILES string of the molecule is CCNc1cc(N(CC2CC2)C2CC2)nc(SC)n1. The van der Waals surface area contributed by atoms with Crippen LogP contribution in [-0.4, -0.2) is 35.4 Å². The van der Waals surface area contributed by atoms with Crippen LogP contribution in [0.3, 0.4) is 0 Å². The van der Waals surface area contributed by atoms with Crippen LogP contribution in [0.4, 0.5) is 11.6 Å². The summed E-state index contributed by atoms with van der Waals surface area (Å²) in [6.45, 7) is 4.18. The maximum Gasteiger partial charge on any atom is 0.191 e. The summed E-state index contributed by atoms with van der Waals surface area (Å²) < 4.78 is 0. The van der Waals surface area contributed by atoms with Crippen LogP contribution in [0.5, 0.6) is 0 Å². The molecule has 1 aromatic rings. The number of hydrogen-bond donors (Lipinski definition) is 1. The van der Waals surface area contributed by atoms with Crippen molar-refractivity contribution in [2.45, 2.75) is 43.8 Å². The van der Waals surface area contributed by atoms with Crippen LogP contribution in [0.25, 0.3) is 0 Å². The summed E-state index contributed by atoms with van der Waals surface area (Å²) in [7, 11) is 0. The summed E-state index contributed by atoms with van der Waals surface area (Å²) in [5.41, 5.74) is 0. The molecule has 2 aliphatic carbocycles. The first kappa shape index (κ1) is 13.0. The monoisotopic (exact) mass is 278 g/mol. The molecule has 4 nitrogen and oxygen atoms in total. The average molecular weight is 278 g/mol. The standard InChI is InChI=1S/C14H22N4S/c1-3-15-12-8-13(17-14(16-12)19-2)18(11-6-7-11)9-10-4-5-10/h8,10-11H,3-7,9H2,1-2H3,(H,15,16,17). The van der Waals surface area contributed by atoms with Crippen LogP contribution >= 0.6 is 11.8 Å². The Kier molecular flexibility index (Phi) is 3.82. The lowest BCUT2D eigenvalue weighted by molar-refractivity contribution is 0.701. The van der Waals surface area contributed by atoms with Gasteiger partial charge in [-0.25, -0.2) is 9.97 Å². The second-order valence-corrected chi connectivity index (χ2v) is 6.23. The van der Waals surface area contributed by atoms with Gasteiger partial charge in [-0.1, -0.05) is 11.8 Å². The van der Waals surface area contributed by atoms with E-state index >= 15 is 0 Å².